The molecular weight excluding hydrogens is 269 g/mol. The summed E-state index contributed by atoms with van der Waals surface area (Å²) in [6, 6.07) is 5.34. The second-order valence-electron chi connectivity index (χ2n) is 4.25. The molecule has 2 N–H and O–H groups in total. The van der Waals surface area contributed by atoms with Crippen LogP contribution in [-0.4, -0.2) is 14.6 Å². The van der Waals surface area contributed by atoms with Crippen molar-refractivity contribution >= 4 is 11.3 Å². The normalized spacial score (nSPS) is 11.9. The maximum Gasteiger partial charge on any atom is 0.417 e. The second kappa shape index (κ2) is 4.22. The summed E-state index contributed by atoms with van der Waals surface area (Å²) in [5.41, 5.74) is 6.11. The zero-order chi connectivity index (χ0) is 14.3. The Kier molecular flexibility index (Phi) is 2.63. The molecule has 0 unspecified atom stereocenters. The molecule has 0 aliphatic rings. The molecule has 0 saturated carbocycles. The Balaban J connectivity index is 2.21. The van der Waals surface area contributed by atoms with E-state index in [1.54, 1.807) is 6.07 Å². The lowest BCUT2D eigenvalue weighted by molar-refractivity contribution is -0.137. The molecule has 20 heavy (non-hydrogen) atoms. The number of aromatic nitrogens is 3. The van der Waals surface area contributed by atoms with Crippen LogP contribution in [0.2, 0.25) is 0 Å². The van der Waals surface area contributed by atoms with Crippen molar-refractivity contribution in [2.75, 3.05) is 5.73 Å². The molecule has 4 nitrogen and oxygen atoms in total. The quantitative estimate of drug-likeness (QED) is 0.744. The van der Waals surface area contributed by atoms with E-state index in [0.29, 0.717) is 16.9 Å². The van der Waals surface area contributed by atoms with Gasteiger partial charge in [-0.1, -0.05) is 18.2 Å². The van der Waals surface area contributed by atoms with E-state index in [2.05, 4.69) is 10.1 Å². The van der Waals surface area contributed by atoms with Crippen LogP contribution < -0.4 is 5.73 Å². The van der Waals surface area contributed by atoms with E-state index in [0.717, 1.165) is 6.07 Å². The summed E-state index contributed by atoms with van der Waals surface area (Å²) >= 11 is 0. The number of fused-ring (bicyclic) bond motifs is 1. The highest BCUT2D eigenvalue weighted by Crippen LogP contribution is 2.36. The molecule has 3 rings (SSSR count). The van der Waals surface area contributed by atoms with Gasteiger partial charge in [-0.25, -0.2) is 9.50 Å². The Bertz CT molecular complexity index is 777. The zero-order valence-electron chi connectivity index (χ0n) is 10.1. The molecule has 2 aromatic heterocycles. The Morgan fingerprint density at radius 1 is 1.10 bits per heavy atom. The molecule has 0 spiro atoms. The largest absolute Gasteiger partial charge is 0.417 e. The first kappa shape index (κ1) is 12.5. The molecule has 0 bridgehead atoms. The minimum absolute atomic E-state index is 0.0588. The van der Waals surface area contributed by atoms with Crippen molar-refractivity contribution in [3.8, 4) is 11.1 Å². The lowest BCUT2D eigenvalue weighted by Gasteiger charge is -2.12. The molecule has 0 aliphatic heterocycles. The topological polar surface area (TPSA) is 56.2 Å². The summed E-state index contributed by atoms with van der Waals surface area (Å²) in [5.74, 6) is 0. The second-order valence-corrected chi connectivity index (χ2v) is 4.25. The summed E-state index contributed by atoms with van der Waals surface area (Å²) in [6.45, 7) is 0. The van der Waals surface area contributed by atoms with Gasteiger partial charge in [0, 0.05) is 18.0 Å². The number of nitrogen functional groups attached to an aromatic ring is 1. The summed E-state index contributed by atoms with van der Waals surface area (Å²) in [5, 5.41) is 3.94. The molecule has 2 heterocycles. The van der Waals surface area contributed by atoms with Gasteiger partial charge in [0.1, 0.15) is 0 Å². The number of nitrogens with zero attached hydrogens (tertiary/aromatic N) is 3. The van der Waals surface area contributed by atoms with Crippen LogP contribution in [0, 0.1) is 0 Å². The molecular formula is C13H9F3N4. The fourth-order valence-electron chi connectivity index (χ4n) is 2.01. The molecule has 0 atom stereocenters. The third kappa shape index (κ3) is 1.97. The van der Waals surface area contributed by atoms with Crippen LogP contribution >= 0.6 is 0 Å². The molecule has 3 aromatic rings. The standard InChI is InChI=1S/C13H9F3N4/c14-13(15,16)10-4-2-1-3-9(10)8-5-18-12-11(17)6-19-20(12)7-8/h1-7H,17H2. The highest BCUT2D eigenvalue weighted by Gasteiger charge is 2.33. The minimum atomic E-state index is -4.42. The van der Waals surface area contributed by atoms with Crippen LogP contribution in [0.5, 0.6) is 0 Å². The highest BCUT2D eigenvalue weighted by atomic mass is 19.4. The average molecular weight is 278 g/mol. The SMILES string of the molecule is Nc1cnn2cc(-c3ccccc3C(F)(F)F)cnc12. The van der Waals surface area contributed by atoms with Crippen LogP contribution in [0.4, 0.5) is 18.9 Å². The van der Waals surface area contributed by atoms with Gasteiger partial charge in [0.2, 0.25) is 0 Å². The molecule has 102 valence electrons. The molecule has 0 saturated heterocycles. The van der Waals surface area contributed by atoms with Gasteiger partial charge in [0.05, 0.1) is 17.4 Å². The first-order valence-corrected chi connectivity index (χ1v) is 5.72. The number of hydrogen-bond acceptors (Lipinski definition) is 3. The summed E-state index contributed by atoms with van der Waals surface area (Å²) < 4.78 is 40.3. The number of anilines is 1. The molecule has 0 aliphatic carbocycles. The van der Waals surface area contributed by atoms with Crippen LogP contribution in [0.3, 0.4) is 0 Å². The maximum absolute atomic E-state index is 13.0. The van der Waals surface area contributed by atoms with Crippen LogP contribution in [0.15, 0.2) is 42.9 Å². The van der Waals surface area contributed by atoms with Gasteiger partial charge in [-0.05, 0) is 11.6 Å². The van der Waals surface area contributed by atoms with Crippen molar-refractivity contribution in [1.82, 2.24) is 14.6 Å². The summed E-state index contributed by atoms with van der Waals surface area (Å²) in [7, 11) is 0. The highest BCUT2D eigenvalue weighted by molar-refractivity contribution is 5.70. The minimum Gasteiger partial charge on any atom is -0.394 e. The van der Waals surface area contributed by atoms with Crippen molar-refractivity contribution in [3.05, 3.63) is 48.4 Å². The number of hydrogen-bond donors (Lipinski definition) is 1. The number of alkyl halides is 3. The lowest BCUT2D eigenvalue weighted by atomic mass is 10.0. The lowest BCUT2D eigenvalue weighted by Crippen LogP contribution is -2.07. The van der Waals surface area contributed by atoms with Crippen molar-refractivity contribution in [2.45, 2.75) is 6.18 Å². The van der Waals surface area contributed by atoms with Gasteiger partial charge < -0.3 is 5.73 Å². The van der Waals surface area contributed by atoms with Crippen LogP contribution in [0.25, 0.3) is 16.8 Å². The Labute approximate surface area is 111 Å². The predicted molar refractivity (Wildman–Crippen MR) is 67.8 cm³/mol. The zero-order valence-corrected chi connectivity index (χ0v) is 10.1. The van der Waals surface area contributed by atoms with Crippen LogP contribution in [0.1, 0.15) is 5.56 Å². The number of rotatable bonds is 1. The van der Waals surface area contributed by atoms with E-state index >= 15 is 0 Å². The smallest absolute Gasteiger partial charge is 0.394 e. The predicted octanol–water partition coefficient (Wildman–Crippen LogP) is 3.00. The first-order chi connectivity index (χ1) is 9.47. The van der Waals surface area contributed by atoms with Gasteiger partial charge >= 0.3 is 6.18 Å². The molecule has 0 radical (unpaired) electrons. The van der Waals surface area contributed by atoms with Crippen molar-refractivity contribution in [1.29, 1.82) is 0 Å². The Hall–Kier alpha value is -2.57. The molecule has 0 fully saturated rings. The van der Waals surface area contributed by atoms with Gasteiger partial charge in [0.15, 0.2) is 5.65 Å². The van der Waals surface area contributed by atoms with E-state index in [-0.39, 0.29) is 5.56 Å². The first-order valence-electron chi connectivity index (χ1n) is 5.72. The van der Waals surface area contributed by atoms with E-state index in [1.807, 2.05) is 0 Å². The van der Waals surface area contributed by atoms with Crippen molar-refractivity contribution < 1.29 is 13.2 Å². The fraction of sp³-hybridized carbons (Fsp3) is 0.0769. The Morgan fingerprint density at radius 3 is 2.60 bits per heavy atom. The molecule has 0 amide bonds. The van der Waals surface area contributed by atoms with Gasteiger partial charge in [-0.15, -0.1) is 0 Å². The molecule has 1 aromatic carbocycles. The van der Waals surface area contributed by atoms with Crippen molar-refractivity contribution in [3.63, 3.8) is 0 Å². The van der Waals surface area contributed by atoms with Gasteiger partial charge in [0.25, 0.3) is 0 Å². The Morgan fingerprint density at radius 2 is 1.85 bits per heavy atom. The van der Waals surface area contributed by atoms with Gasteiger partial charge in [-0.3, -0.25) is 0 Å². The third-order valence-electron chi connectivity index (χ3n) is 2.93. The van der Waals surface area contributed by atoms with Gasteiger partial charge in [-0.2, -0.15) is 18.3 Å². The van der Waals surface area contributed by atoms with Crippen LogP contribution in [-0.2, 0) is 6.18 Å². The average Bonchev–Trinajstić information content (AvgIpc) is 2.79. The van der Waals surface area contributed by atoms with E-state index in [9.17, 15) is 13.2 Å². The monoisotopic (exact) mass is 278 g/mol. The third-order valence-corrected chi connectivity index (χ3v) is 2.93. The summed E-state index contributed by atoms with van der Waals surface area (Å²) in [4.78, 5) is 4.05. The van der Waals surface area contributed by atoms with E-state index < -0.39 is 11.7 Å². The van der Waals surface area contributed by atoms with Crippen molar-refractivity contribution in [2.24, 2.45) is 0 Å². The fourth-order valence-corrected chi connectivity index (χ4v) is 2.01. The van der Waals surface area contributed by atoms with E-state index in [1.165, 1.54) is 35.2 Å². The number of benzene rings is 1. The number of nitrogens with two attached hydrogens (primary N) is 1. The van der Waals surface area contributed by atoms with E-state index in [4.69, 9.17) is 5.73 Å². The number of halogens is 3. The summed E-state index contributed by atoms with van der Waals surface area (Å²) in [6.07, 6.45) is -0.183. The molecule has 7 heteroatoms. The maximum atomic E-state index is 13.0.